The van der Waals surface area contributed by atoms with Crippen molar-refractivity contribution >= 4 is 26.8 Å². The van der Waals surface area contributed by atoms with Crippen molar-refractivity contribution in [3.05, 3.63) is 41.5 Å². The van der Waals surface area contributed by atoms with Gasteiger partial charge in [-0.25, -0.2) is 23.4 Å². The van der Waals surface area contributed by atoms with Crippen molar-refractivity contribution in [2.75, 3.05) is 17.7 Å². The van der Waals surface area contributed by atoms with Gasteiger partial charge in [0, 0.05) is 31.1 Å². The molecule has 0 aliphatic carbocycles. The Hall–Kier alpha value is -2.73. The minimum atomic E-state index is -4.71. The smallest absolute Gasteiger partial charge is 0.392 e. The number of alkyl halides is 3. The van der Waals surface area contributed by atoms with Crippen molar-refractivity contribution in [2.45, 2.75) is 30.8 Å². The van der Waals surface area contributed by atoms with E-state index in [1.54, 1.807) is 17.0 Å². The van der Waals surface area contributed by atoms with Gasteiger partial charge in [0.2, 0.25) is 5.95 Å². The number of sulfone groups is 1. The molecule has 1 N–H and O–H groups in total. The van der Waals surface area contributed by atoms with Gasteiger partial charge in [-0.15, -0.1) is 0 Å². The van der Waals surface area contributed by atoms with Crippen LogP contribution in [0.5, 0.6) is 0 Å². The molecule has 0 atom stereocenters. The monoisotopic (exact) mass is 427 g/mol. The second-order valence-electron chi connectivity index (χ2n) is 6.72. The minimum Gasteiger partial charge on any atom is -0.392 e. The zero-order valence-corrected chi connectivity index (χ0v) is 16.0. The minimum absolute atomic E-state index is 0.107. The van der Waals surface area contributed by atoms with Crippen LogP contribution >= 0.6 is 0 Å². The third kappa shape index (κ3) is 3.53. The molecule has 0 unspecified atom stereocenters. The molecule has 0 bridgehead atoms. The van der Waals surface area contributed by atoms with Gasteiger partial charge in [-0.2, -0.15) is 13.2 Å². The summed E-state index contributed by atoms with van der Waals surface area (Å²) in [6.07, 6.45) is -2.61. The third-order valence-corrected chi connectivity index (χ3v) is 5.84. The Morgan fingerprint density at radius 3 is 2.62 bits per heavy atom. The summed E-state index contributed by atoms with van der Waals surface area (Å²) in [6, 6.07) is 4.63. The van der Waals surface area contributed by atoms with Crippen LogP contribution in [0.4, 0.5) is 19.1 Å². The highest BCUT2D eigenvalue weighted by molar-refractivity contribution is 7.90. The predicted molar refractivity (Wildman–Crippen MR) is 96.8 cm³/mol. The summed E-state index contributed by atoms with van der Waals surface area (Å²) in [6.45, 7) is 0.0507. The Morgan fingerprint density at radius 1 is 1.21 bits per heavy atom. The van der Waals surface area contributed by atoms with Gasteiger partial charge in [0.05, 0.1) is 29.1 Å². The number of benzene rings is 1. The van der Waals surface area contributed by atoms with E-state index < -0.39 is 28.3 Å². The fourth-order valence-corrected chi connectivity index (χ4v) is 3.95. The zero-order chi connectivity index (χ0) is 21.0. The molecule has 8 nitrogen and oxygen atoms in total. The molecule has 4 rings (SSSR count). The lowest BCUT2D eigenvalue weighted by atomic mass is 10.2. The number of imidazole rings is 1. The summed E-state index contributed by atoms with van der Waals surface area (Å²) >= 11 is 0. The first-order chi connectivity index (χ1) is 13.6. The van der Waals surface area contributed by atoms with Gasteiger partial charge in [-0.05, 0) is 18.2 Å². The van der Waals surface area contributed by atoms with Crippen LogP contribution < -0.4 is 4.90 Å². The van der Waals surface area contributed by atoms with E-state index >= 15 is 0 Å². The molecular weight excluding hydrogens is 411 g/mol. The van der Waals surface area contributed by atoms with Gasteiger partial charge in [-0.3, -0.25) is 0 Å². The maximum atomic E-state index is 13.2. The average Bonchev–Trinajstić information content (AvgIpc) is 3.03. The molecule has 29 heavy (non-hydrogen) atoms. The second-order valence-corrected chi connectivity index (χ2v) is 8.74. The van der Waals surface area contributed by atoms with E-state index in [4.69, 9.17) is 5.11 Å². The van der Waals surface area contributed by atoms with Gasteiger partial charge in [-0.1, -0.05) is 0 Å². The summed E-state index contributed by atoms with van der Waals surface area (Å²) < 4.78 is 65.1. The summed E-state index contributed by atoms with van der Waals surface area (Å²) in [5.41, 5.74) is -0.308. The van der Waals surface area contributed by atoms with Crippen molar-refractivity contribution in [2.24, 2.45) is 0 Å². The van der Waals surface area contributed by atoms with Crippen LogP contribution in [0, 0.1) is 0 Å². The molecule has 0 saturated heterocycles. The molecule has 3 aromatic rings. The highest BCUT2D eigenvalue weighted by atomic mass is 32.2. The molecule has 0 radical (unpaired) electrons. The topological polar surface area (TPSA) is 101 Å². The van der Waals surface area contributed by atoms with E-state index in [1.807, 2.05) is 4.57 Å². The number of aliphatic hydroxyl groups excluding tert-OH is 1. The maximum absolute atomic E-state index is 13.2. The molecule has 2 aromatic heterocycles. The number of rotatable bonds is 3. The van der Waals surface area contributed by atoms with Gasteiger partial charge >= 0.3 is 6.18 Å². The first kappa shape index (κ1) is 19.6. The Morgan fingerprint density at radius 2 is 1.97 bits per heavy atom. The van der Waals surface area contributed by atoms with E-state index in [0.29, 0.717) is 29.9 Å². The lowest BCUT2D eigenvalue weighted by Crippen LogP contribution is -2.35. The maximum Gasteiger partial charge on any atom is 0.433 e. The summed E-state index contributed by atoms with van der Waals surface area (Å²) in [5.74, 6) is 0.463. The van der Waals surface area contributed by atoms with E-state index in [0.717, 1.165) is 12.5 Å². The number of hydrogen-bond acceptors (Lipinski definition) is 7. The van der Waals surface area contributed by atoms with Gasteiger partial charge in [0.1, 0.15) is 5.82 Å². The molecule has 154 valence electrons. The van der Waals surface area contributed by atoms with Crippen LogP contribution in [0.3, 0.4) is 0 Å². The average molecular weight is 427 g/mol. The lowest BCUT2D eigenvalue weighted by Gasteiger charge is -2.28. The Balaban J connectivity index is 1.71. The zero-order valence-electron chi connectivity index (χ0n) is 15.2. The van der Waals surface area contributed by atoms with Crippen LogP contribution in [0.1, 0.15) is 17.1 Å². The molecular formula is C17H16F3N5O3S. The highest BCUT2D eigenvalue weighted by Gasteiger charge is 2.36. The third-order valence-electron chi connectivity index (χ3n) is 4.73. The van der Waals surface area contributed by atoms with Gasteiger partial charge in [0.15, 0.2) is 15.5 Å². The number of nitrogens with zero attached hydrogens (tertiary/aromatic N) is 5. The predicted octanol–water partition coefficient (Wildman–Crippen LogP) is 1.76. The van der Waals surface area contributed by atoms with E-state index in [2.05, 4.69) is 15.0 Å². The van der Waals surface area contributed by atoms with Crippen LogP contribution in [0.15, 0.2) is 29.3 Å². The normalized spacial score (nSPS) is 15.0. The van der Waals surface area contributed by atoms with Gasteiger partial charge < -0.3 is 14.6 Å². The first-order valence-corrected chi connectivity index (χ1v) is 10.4. The summed E-state index contributed by atoms with van der Waals surface area (Å²) in [5, 5.41) is 9.12. The van der Waals surface area contributed by atoms with E-state index in [9.17, 15) is 21.6 Å². The van der Waals surface area contributed by atoms with Crippen LogP contribution in [-0.2, 0) is 35.7 Å². The number of fused-ring (bicyclic) bond motifs is 3. The van der Waals surface area contributed by atoms with Crippen LogP contribution in [0.2, 0.25) is 0 Å². The Kier molecular flexibility index (Phi) is 4.50. The van der Waals surface area contributed by atoms with E-state index in [1.165, 1.54) is 6.07 Å². The lowest BCUT2D eigenvalue weighted by molar-refractivity contribution is -0.142. The number of aromatic nitrogens is 4. The highest BCUT2D eigenvalue weighted by Crippen LogP contribution is 2.32. The molecule has 0 fully saturated rings. The first-order valence-electron chi connectivity index (χ1n) is 8.56. The fourth-order valence-electron chi connectivity index (χ4n) is 3.31. The molecule has 1 aliphatic rings. The van der Waals surface area contributed by atoms with Crippen molar-refractivity contribution in [1.29, 1.82) is 0 Å². The SMILES string of the molecule is CS(=O)(=O)c1ccc2nc3n(c2c1)CCN(c1ncc(CO)c(C(F)(F)F)n1)C3. The second kappa shape index (κ2) is 6.66. The standard InChI is InChI=1S/C17H16F3N5O3S/c1-29(27,28)11-2-3-12-13(6-11)25-5-4-24(8-14(25)22-12)16-21-7-10(9-26)15(23-16)17(18,19)20/h2-3,6-7,26H,4-5,8-9H2,1H3. The van der Waals surface area contributed by atoms with E-state index in [-0.39, 0.29) is 23.0 Å². The van der Waals surface area contributed by atoms with Crippen LogP contribution in [0.25, 0.3) is 11.0 Å². The number of anilines is 1. The van der Waals surface area contributed by atoms with Crippen molar-refractivity contribution in [1.82, 2.24) is 19.5 Å². The van der Waals surface area contributed by atoms with Gasteiger partial charge in [0.25, 0.3) is 0 Å². The van der Waals surface area contributed by atoms with Crippen LogP contribution in [-0.4, -0.2) is 45.8 Å². The number of aliphatic hydroxyl groups is 1. The molecule has 0 amide bonds. The molecule has 3 heterocycles. The van der Waals surface area contributed by atoms with Crippen molar-refractivity contribution in [3.8, 4) is 0 Å². The Bertz CT molecular complexity index is 1210. The number of halogens is 3. The molecule has 0 saturated carbocycles. The fraction of sp³-hybridized carbons (Fsp3) is 0.353. The molecule has 1 aliphatic heterocycles. The Labute approximate surface area is 163 Å². The summed E-state index contributed by atoms with van der Waals surface area (Å²) in [7, 11) is -3.38. The van der Waals surface area contributed by atoms with Crippen molar-refractivity contribution < 1.29 is 26.7 Å². The number of hydrogen-bond donors (Lipinski definition) is 1. The molecule has 1 aromatic carbocycles. The quantitative estimate of drug-likeness (QED) is 0.680. The molecule has 12 heteroatoms. The largest absolute Gasteiger partial charge is 0.433 e. The summed E-state index contributed by atoms with van der Waals surface area (Å²) in [4.78, 5) is 13.8. The molecule has 0 spiro atoms. The van der Waals surface area contributed by atoms with Crippen molar-refractivity contribution in [3.63, 3.8) is 0 Å².